The summed E-state index contributed by atoms with van der Waals surface area (Å²) in [5.74, 6) is 2.12. The van der Waals surface area contributed by atoms with Crippen LogP contribution in [-0.2, 0) is 30.9 Å². The largest absolute Gasteiger partial charge is 0.486 e. The number of imidazole rings is 1. The van der Waals surface area contributed by atoms with Crippen LogP contribution in [-0.4, -0.2) is 36.8 Å². The van der Waals surface area contributed by atoms with Gasteiger partial charge in [0.05, 0.1) is 11.0 Å². The molecule has 0 unspecified atom stereocenters. The molecular weight excluding hydrogens is 416 g/mol. The van der Waals surface area contributed by atoms with Gasteiger partial charge < -0.3 is 19.2 Å². The number of hydrogen-bond donors (Lipinski definition) is 1. The Morgan fingerprint density at radius 1 is 1.13 bits per heavy atom. The lowest BCUT2D eigenvalue weighted by Crippen LogP contribution is -2.30. The Hall–Kier alpha value is -3.39. The third-order valence-corrected chi connectivity index (χ3v) is 5.18. The number of carbonyl (C=O) groups excluding carboxylic acids is 1. The number of benzene rings is 2. The van der Waals surface area contributed by atoms with Crippen molar-refractivity contribution in [2.24, 2.45) is 0 Å². The fraction of sp³-hybridized carbons (Fsp3) is 0.273. The highest BCUT2D eigenvalue weighted by atomic mass is 35.5. The van der Waals surface area contributed by atoms with Crippen molar-refractivity contribution in [3.05, 3.63) is 71.5 Å². The first-order valence-electron chi connectivity index (χ1n) is 10.1. The summed E-state index contributed by atoms with van der Waals surface area (Å²) in [6, 6.07) is 14.9. The summed E-state index contributed by atoms with van der Waals surface area (Å²) in [6.07, 6.45) is 2.32. The molecule has 160 valence electrons. The second kappa shape index (κ2) is 9.61. The van der Waals surface area contributed by atoms with E-state index in [1.165, 1.54) is 0 Å². The van der Waals surface area contributed by atoms with E-state index in [2.05, 4.69) is 20.5 Å². The zero-order chi connectivity index (χ0) is 21.6. The number of carbonyl (C=O) groups is 1. The third kappa shape index (κ3) is 5.03. The first-order valence-corrected chi connectivity index (χ1v) is 10.5. The number of amides is 1. The molecule has 2 aromatic heterocycles. The molecule has 0 atom stereocenters. The van der Waals surface area contributed by atoms with E-state index in [9.17, 15) is 4.79 Å². The zero-order valence-electron chi connectivity index (χ0n) is 17.2. The summed E-state index contributed by atoms with van der Waals surface area (Å²) < 4.78 is 9.71. The van der Waals surface area contributed by atoms with Gasteiger partial charge in [-0.25, -0.2) is 4.98 Å². The molecule has 0 saturated carbocycles. The second-order valence-corrected chi connectivity index (χ2v) is 7.42. The van der Waals surface area contributed by atoms with Gasteiger partial charge in [-0.15, -0.1) is 10.2 Å². The molecule has 9 heteroatoms. The lowest BCUT2D eigenvalue weighted by atomic mass is 10.3. The average Bonchev–Trinajstić information content (AvgIpc) is 3.38. The fourth-order valence-corrected chi connectivity index (χ4v) is 3.47. The minimum atomic E-state index is -0.0986. The van der Waals surface area contributed by atoms with Crippen molar-refractivity contribution in [3.8, 4) is 5.75 Å². The van der Waals surface area contributed by atoms with Crippen LogP contribution in [0.1, 0.15) is 18.6 Å². The predicted octanol–water partition coefficient (Wildman–Crippen LogP) is 3.24. The molecule has 0 fully saturated rings. The van der Waals surface area contributed by atoms with E-state index in [0.29, 0.717) is 29.6 Å². The molecule has 0 aliphatic rings. The van der Waals surface area contributed by atoms with Gasteiger partial charge in [0.1, 0.15) is 36.9 Å². The Morgan fingerprint density at radius 2 is 1.94 bits per heavy atom. The van der Waals surface area contributed by atoms with E-state index in [1.807, 2.05) is 40.3 Å². The summed E-state index contributed by atoms with van der Waals surface area (Å²) in [7, 11) is 0. The van der Waals surface area contributed by atoms with Crippen LogP contribution < -0.4 is 10.1 Å². The Morgan fingerprint density at radius 3 is 2.74 bits per heavy atom. The molecule has 2 aromatic carbocycles. The highest BCUT2D eigenvalue weighted by Crippen LogP contribution is 2.20. The second-order valence-electron chi connectivity index (χ2n) is 6.98. The Balaban J connectivity index is 1.43. The molecule has 0 aliphatic heterocycles. The number of halogens is 1. The number of para-hydroxylation sites is 2. The van der Waals surface area contributed by atoms with E-state index in [4.69, 9.17) is 16.3 Å². The van der Waals surface area contributed by atoms with Crippen molar-refractivity contribution < 1.29 is 9.53 Å². The molecule has 0 saturated heterocycles. The van der Waals surface area contributed by atoms with Gasteiger partial charge in [-0.3, -0.25) is 4.79 Å². The van der Waals surface area contributed by atoms with Crippen LogP contribution in [0.3, 0.4) is 0 Å². The van der Waals surface area contributed by atoms with Gasteiger partial charge in [-0.05, 0) is 43.3 Å². The van der Waals surface area contributed by atoms with Crippen molar-refractivity contribution in [3.63, 3.8) is 0 Å². The summed E-state index contributed by atoms with van der Waals surface area (Å²) in [6.45, 7) is 3.71. The molecule has 0 bridgehead atoms. The molecule has 2 heterocycles. The third-order valence-electron chi connectivity index (χ3n) is 4.92. The van der Waals surface area contributed by atoms with Gasteiger partial charge in [-0.1, -0.05) is 23.7 Å². The van der Waals surface area contributed by atoms with E-state index in [1.54, 1.807) is 30.6 Å². The summed E-state index contributed by atoms with van der Waals surface area (Å²) in [4.78, 5) is 17.3. The van der Waals surface area contributed by atoms with Gasteiger partial charge in [0.15, 0.2) is 0 Å². The van der Waals surface area contributed by atoms with E-state index < -0.39 is 0 Å². The molecule has 4 rings (SSSR count). The number of aryl methyl sites for hydroxylation is 1. The topological polar surface area (TPSA) is 86.9 Å². The van der Waals surface area contributed by atoms with Crippen LogP contribution in [0.4, 0.5) is 0 Å². The number of fused-ring (bicyclic) bond motifs is 1. The number of nitrogens with one attached hydrogen (secondary N) is 1. The van der Waals surface area contributed by atoms with Crippen molar-refractivity contribution in [1.82, 2.24) is 29.6 Å². The van der Waals surface area contributed by atoms with Gasteiger partial charge >= 0.3 is 0 Å². The standard InChI is InChI=1S/C22H23ClN6O2/c1-2-28-15-25-27-20(28)11-12-24-22(30)13-29-19-6-4-3-5-18(19)26-21(29)14-31-17-9-7-16(23)8-10-17/h3-10,15H,2,11-14H2,1H3,(H,24,30). The van der Waals surface area contributed by atoms with Crippen LogP contribution in [0, 0.1) is 0 Å². The first kappa shape index (κ1) is 20.9. The Kier molecular flexibility index (Phi) is 6.47. The molecular formula is C22H23ClN6O2. The van der Waals surface area contributed by atoms with Crippen LogP contribution in [0.2, 0.25) is 5.02 Å². The Bertz CT molecular complexity index is 1170. The van der Waals surface area contributed by atoms with E-state index in [0.717, 1.165) is 23.4 Å². The fourth-order valence-electron chi connectivity index (χ4n) is 3.34. The number of hydrogen-bond acceptors (Lipinski definition) is 5. The SMILES string of the molecule is CCn1cnnc1CCNC(=O)Cn1c(COc2ccc(Cl)cc2)nc2ccccc21. The quantitative estimate of drug-likeness (QED) is 0.433. The van der Waals surface area contributed by atoms with Crippen molar-refractivity contribution in [2.75, 3.05) is 6.54 Å². The molecule has 8 nitrogen and oxygen atoms in total. The number of aromatic nitrogens is 5. The van der Waals surface area contributed by atoms with Crippen molar-refractivity contribution in [1.29, 1.82) is 0 Å². The number of rotatable bonds is 9. The van der Waals surface area contributed by atoms with Crippen molar-refractivity contribution >= 4 is 28.5 Å². The molecule has 1 N–H and O–H groups in total. The molecule has 0 spiro atoms. The van der Waals surface area contributed by atoms with Crippen LogP contribution >= 0.6 is 11.6 Å². The monoisotopic (exact) mass is 438 g/mol. The zero-order valence-corrected chi connectivity index (χ0v) is 17.9. The molecule has 1 amide bonds. The number of nitrogens with zero attached hydrogens (tertiary/aromatic N) is 5. The maximum Gasteiger partial charge on any atom is 0.240 e. The van der Waals surface area contributed by atoms with Gasteiger partial charge in [-0.2, -0.15) is 0 Å². The lowest BCUT2D eigenvalue weighted by Gasteiger charge is -2.11. The molecule has 31 heavy (non-hydrogen) atoms. The van der Waals surface area contributed by atoms with Crippen LogP contribution in [0.15, 0.2) is 54.9 Å². The Labute approximate surface area is 184 Å². The minimum Gasteiger partial charge on any atom is -0.486 e. The lowest BCUT2D eigenvalue weighted by molar-refractivity contribution is -0.121. The molecule has 0 aliphatic carbocycles. The van der Waals surface area contributed by atoms with Crippen molar-refractivity contribution in [2.45, 2.75) is 33.0 Å². The summed E-state index contributed by atoms with van der Waals surface area (Å²) >= 11 is 5.93. The minimum absolute atomic E-state index is 0.0986. The molecule has 4 aromatic rings. The highest BCUT2D eigenvalue weighted by molar-refractivity contribution is 6.30. The van der Waals surface area contributed by atoms with Gasteiger partial charge in [0.25, 0.3) is 0 Å². The number of ether oxygens (including phenoxy) is 1. The smallest absolute Gasteiger partial charge is 0.240 e. The summed E-state index contributed by atoms with van der Waals surface area (Å²) in [5.41, 5.74) is 1.71. The van der Waals surface area contributed by atoms with Crippen LogP contribution in [0.25, 0.3) is 11.0 Å². The molecule has 0 radical (unpaired) electrons. The first-order chi connectivity index (χ1) is 15.1. The van der Waals surface area contributed by atoms with E-state index >= 15 is 0 Å². The maximum atomic E-state index is 12.6. The van der Waals surface area contributed by atoms with Gasteiger partial charge in [0.2, 0.25) is 5.91 Å². The maximum absolute atomic E-state index is 12.6. The van der Waals surface area contributed by atoms with Gasteiger partial charge in [0, 0.05) is 24.5 Å². The average molecular weight is 439 g/mol. The summed E-state index contributed by atoms with van der Waals surface area (Å²) in [5, 5.41) is 11.6. The van der Waals surface area contributed by atoms with Crippen LogP contribution in [0.5, 0.6) is 5.75 Å². The predicted molar refractivity (Wildman–Crippen MR) is 118 cm³/mol. The highest BCUT2D eigenvalue weighted by Gasteiger charge is 2.14. The van der Waals surface area contributed by atoms with E-state index in [-0.39, 0.29) is 19.1 Å². The normalized spacial score (nSPS) is 11.0.